The third-order valence-electron chi connectivity index (χ3n) is 3.55. The second-order valence-corrected chi connectivity index (χ2v) is 5.82. The van der Waals surface area contributed by atoms with E-state index in [1.165, 1.54) is 17.7 Å². The monoisotopic (exact) mass is 274 g/mol. The Morgan fingerprint density at radius 1 is 1.47 bits per heavy atom. The van der Waals surface area contributed by atoms with Crippen LogP contribution in [0, 0.1) is 0 Å². The maximum absolute atomic E-state index is 4.64. The van der Waals surface area contributed by atoms with Gasteiger partial charge in [0.05, 0.1) is 24.1 Å². The number of hydrogen-bond acceptors (Lipinski definition) is 5. The van der Waals surface area contributed by atoms with Crippen molar-refractivity contribution < 1.29 is 0 Å². The fourth-order valence-corrected chi connectivity index (χ4v) is 3.34. The van der Waals surface area contributed by atoms with E-state index in [1.807, 2.05) is 24.6 Å². The van der Waals surface area contributed by atoms with Crippen LogP contribution in [0.1, 0.15) is 29.5 Å². The van der Waals surface area contributed by atoms with Crippen LogP contribution < -0.4 is 5.32 Å². The van der Waals surface area contributed by atoms with E-state index in [1.54, 1.807) is 6.20 Å². The third-order valence-corrected chi connectivity index (χ3v) is 4.41. The molecule has 3 heterocycles. The molecule has 0 amide bonds. The lowest BCUT2D eigenvalue weighted by atomic mass is 10.1. The van der Waals surface area contributed by atoms with Gasteiger partial charge in [0.1, 0.15) is 5.82 Å². The van der Waals surface area contributed by atoms with Gasteiger partial charge in [-0.05, 0) is 30.8 Å². The molecule has 0 unspecified atom stereocenters. The van der Waals surface area contributed by atoms with Crippen LogP contribution in [0.25, 0.3) is 0 Å². The number of nitrogens with zero attached hydrogens (tertiary/aromatic N) is 3. The fraction of sp³-hybridized carbons (Fsp3) is 0.429. The van der Waals surface area contributed by atoms with Crippen LogP contribution in [0.2, 0.25) is 0 Å². The van der Waals surface area contributed by atoms with E-state index in [2.05, 4.69) is 37.7 Å². The molecule has 1 saturated heterocycles. The molecule has 2 aromatic heterocycles. The summed E-state index contributed by atoms with van der Waals surface area (Å²) in [6.07, 6.45) is 6.08. The molecule has 1 N–H and O–H groups in total. The van der Waals surface area contributed by atoms with Crippen molar-refractivity contribution >= 4 is 17.2 Å². The van der Waals surface area contributed by atoms with Gasteiger partial charge in [0.2, 0.25) is 0 Å². The molecule has 1 aliphatic rings. The van der Waals surface area contributed by atoms with Gasteiger partial charge in [0, 0.05) is 18.5 Å². The number of nitrogens with one attached hydrogen (secondary N) is 1. The fourth-order valence-electron chi connectivity index (χ4n) is 2.62. The summed E-state index contributed by atoms with van der Waals surface area (Å²) in [5.74, 6) is 0.848. The second kappa shape index (κ2) is 5.67. The van der Waals surface area contributed by atoms with Crippen molar-refractivity contribution in [2.75, 3.05) is 18.9 Å². The van der Waals surface area contributed by atoms with Crippen molar-refractivity contribution in [3.8, 4) is 0 Å². The minimum atomic E-state index is 0.405. The first-order valence-electron chi connectivity index (χ1n) is 6.63. The minimum absolute atomic E-state index is 0.405. The Morgan fingerprint density at radius 3 is 3.21 bits per heavy atom. The van der Waals surface area contributed by atoms with Crippen molar-refractivity contribution in [2.24, 2.45) is 0 Å². The van der Waals surface area contributed by atoms with E-state index in [-0.39, 0.29) is 0 Å². The lowest BCUT2D eigenvalue weighted by molar-refractivity contribution is 0.246. The van der Waals surface area contributed by atoms with E-state index in [9.17, 15) is 0 Å². The first-order chi connectivity index (χ1) is 9.36. The van der Waals surface area contributed by atoms with E-state index < -0.39 is 0 Å². The van der Waals surface area contributed by atoms with Crippen LogP contribution in [0.15, 0.2) is 29.9 Å². The normalized spacial score (nSPS) is 19.7. The number of rotatable bonds is 4. The first kappa shape index (κ1) is 12.6. The van der Waals surface area contributed by atoms with Gasteiger partial charge >= 0.3 is 0 Å². The highest BCUT2D eigenvalue weighted by Gasteiger charge is 2.27. The van der Waals surface area contributed by atoms with Gasteiger partial charge in [0.15, 0.2) is 0 Å². The molecule has 1 atom stereocenters. The van der Waals surface area contributed by atoms with Crippen molar-refractivity contribution in [1.82, 2.24) is 14.9 Å². The molecule has 0 saturated carbocycles. The summed E-state index contributed by atoms with van der Waals surface area (Å²) in [5, 5.41) is 5.20. The molecular formula is C14H18N4S. The topological polar surface area (TPSA) is 41.1 Å². The Balaban J connectivity index is 1.78. The zero-order chi connectivity index (χ0) is 13.1. The van der Waals surface area contributed by atoms with E-state index in [0.29, 0.717) is 6.04 Å². The first-order valence-corrected chi connectivity index (χ1v) is 7.51. The van der Waals surface area contributed by atoms with Crippen molar-refractivity contribution in [2.45, 2.75) is 25.4 Å². The zero-order valence-corrected chi connectivity index (χ0v) is 11.9. The molecule has 3 rings (SSSR count). The van der Waals surface area contributed by atoms with E-state index in [0.717, 1.165) is 24.6 Å². The average molecular weight is 274 g/mol. The Kier molecular flexibility index (Phi) is 3.75. The molecular weight excluding hydrogens is 256 g/mol. The number of hydrogen-bond donors (Lipinski definition) is 1. The summed E-state index contributed by atoms with van der Waals surface area (Å²) >= 11 is 1.82. The molecule has 19 heavy (non-hydrogen) atoms. The molecule has 0 radical (unpaired) electrons. The van der Waals surface area contributed by atoms with Crippen LogP contribution in [-0.4, -0.2) is 28.5 Å². The van der Waals surface area contributed by atoms with E-state index in [4.69, 9.17) is 0 Å². The minimum Gasteiger partial charge on any atom is -0.372 e. The van der Waals surface area contributed by atoms with Crippen LogP contribution in [0.5, 0.6) is 0 Å². The van der Waals surface area contributed by atoms with Crippen LogP contribution in [0.4, 0.5) is 5.82 Å². The van der Waals surface area contributed by atoms with Crippen molar-refractivity contribution in [3.63, 3.8) is 0 Å². The maximum Gasteiger partial charge on any atom is 0.144 e. The van der Waals surface area contributed by atoms with Gasteiger partial charge in [0.25, 0.3) is 0 Å². The summed E-state index contributed by atoms with van der Waals surface area (Å²) in [6, 6.07) is 4.73. The molecule has 0 bridgehead atoms. The van der Waals surface area contributed by atoms with E-state index >= 15 is 0 Å². The SMILES string of the molecule is CNc1cncc([C@@H]2CCCN2Cc2cccs2)n1. The van der Waals surface area contributed by atoms with Crippen LogP contribution >= 0.6 is 11.3 Å². The number of likely N-dealkylation sites (tertiary alicyclic amines) is 1. The average Bonchev–Trinajstić information content (AvgIpc) is 3.11. The lowest BCUT2D eigenvalue weighted by Crippen LogP contribution is -2.23. The zero-order valence-electron chi connectivity index (χ0n) is 11.0. The predicted octanol–water partition coefficient (Wildman–Crippen LogP) is 2.92. The highest BCUT2D eigenvalue weighted by molar-refractivity contribution is 7.09. The van der Waals surface area contributed by atoms with Crippen molar-refractivity contribution in [1.29, 1.82) is 0 Å². The van der Waals surface area contributed by atoms with Gasteiger partial charge in [-0.2, -0.15) is 0 Å². The highest BCUT2D eigenvalue weighted by Crippen LogP contribution is 2.32. The summed E-state index contributed by atoms with van der Waals surface area (Å²) in [4.78, 5) is 12.9. The molecule has 1 fully saturated rings. The highest BCUT2D eigenvalue weighted by atomic mass is 32.1. The molecule has 4 nitrogen and oxygen atoms in total. The Morgan fingerprint density at radius 2 is 2.42 bits per heavy atom. The molecule has 0 aliphatic carbocycles. The summed E-state index contributed by atoms with van der Waals surface area (Å²) in [7, 11) is 1.88. The van der Waals surface area contributed by atoms with Crippen LogP contribution in [0.3, 0.4) is 0 Å². The number of anilines is 1. The standard InChI is InChI=1S/C14H18N4S/c1-15-14-9-16-8-12(17-14)13-5-2-6-18(13)10-11-4-3-7-19-11/h3-4,7-9,13H,2,5-6,10H2,1H3,(H,15,17)/t13-/m0/s1. The predicted molar refractivity (Wildman–Crippen MR) is 78.3 cm³/mol. The van der Waals surface area contributed by atoms with Gasteiger partial charge in [-0.3, -0.25) is 9.88 Å². The Hall–Kier alpha value is -1.46. The number of aromatic nitrogens is 2. The molecule has 0 aromatic carbocycles. The Bertz CT molecular complexity index is 526. The summed E-state index contributed by atoms with van der Waals surface area (Å²) in [5.41, 5.74) is 1.08. The van der Waals surface area contributed by atoms with Gasteiger partial charge in [-0.25, -0.2) is 4.98 Å². The number of thiophene rings is 1. The van der Waals surface area contributed by atoms with Crippen molar-refractivity contribution in [3.05, 3.63) is 40.5 Å². The second-order valence-electron chi connectivity index (χ2n) is 4.79. The maximum atomic E-state index is 4.64. The summed E-state index contributed by atoms with van der Waals surface area (Å²) < 4.78 is 0. The molecule has 2 aromatic rings. The van der Waals surface area contributed by atoms with Gasteiger partial charge < -0.3 is 5.32 Å². The molecule has 0 spiro atoms. The molecule has 1 aliphatic heterocycles. The third kappa shape index (κ3) is 2.77. The quantitative estimate of drug-likeness (QED) is 0.930. The molecule has 5 heteroatoms. The van der Waals surface area contributed by atoms with Gasteiger partial charge in [-0.15, -0.1) is 11.3 Å². The smallest absolute Gasteiger partial charge is 0.144 e. The lowest BCUT2D eigenvalue weighted by Gasteiger charge is -2.23. The largest absolute Gasteiger partial charge is 0.372 e. The molecule has 100 valence electrons. The van der Waals surface area contributed by atoms with Crippen LogP contribution in [-0.2, 0) is 6.54 Å². The van der Waals surface area contributed by atoms with Gasteiger partial charge in [-0.1, -0.05) is 6.07 Å². The Labute approximate surface area is 117 Å². The summed E-state index contributed by atoms with van der Waals surface area (Å²) in [6.45, 7) is 2.17.